The minimum absolute atomic E-state index is 0.0483. The lowest BCUT2D eigenvalue weighted by Crippen LogP contribution is -2.37. The van der Waals surface area contributed by atoms with Crippen LogP contribution in [0.4, 0.5) is 0 Å². The molecule has 1 heterocycles. The third-order valence-electron chi connectivity index (χ3n) is 2.29. The molecule has 0 spiro atoms. The topological polar surface area (TPSA) is 78.0 Å². The van der Waals surface area contributed by atoms with Crippen molar-refractivity contribution in [1.82, 2.24) is 15.5 Å². The molecule has 0 aliphatic heterocycles. The lowest BCUT2D eigenvalue weighted by Gasteiger charge is -2.12. The van der Waals surface area contributed by atoms with Crippen LogP contribution in [0.15, 0.2) is 6.07 Å². The standard InChI is InChI=1S/C10H17N3O2/c1-3-7-5-9(13-12-7)10(15)11-8(4-2)6-14/h5,8,14H,3-4,6H2,1-2H3,(H,11,15)(H,12,13). The number of nitrogens with one attached hydrogen (secondary N) is 2. The highest BCUT2D eigenvalue weighted by Gasteiger charge is 2.13. The van der Waals surface area contributed by atoms with E-state index >= 15 is 0 Å². The first-order chi connectivity index (χ1) is 7.21. The van der Waals surface area contributed by atoms with Crippen LogP contribution in [0.1, 0.15) is 36.5 Å². The van der Waals surface area contributed by atoms with Crippen LogP contribution in [0, 0.1) is 0 Å². The van der Waals surface area contributed by atoms with Crippen LogP contribution in [0.3, 0.4) is 0 Å². The summed E-state index contributed by atoms with van der Waals surface area (Å²) in [5, 5.41) is 18.3. The second-order valence-corrected chi connectivity index (χ2v) is 3.39. The van der Waals surface area contributed by atoms with Gasteiger partial charge in [0.25, 0.3) is 5.91 Å². The Balaban J connectivity index is 2.60. The van der Waals surface area contributed by atoms with Crippen molar-refractivity contribution in [3.63, 3.8) is 0 Å². The van der Waals surface area contributed by atoms with Crippen molar-refractivity contribution < 1.29 is 9.90 Å². The van der Waals surface area contributed by atoms with Crippen LogP contribution >= 0.6 is 0 Å². The molecule has 0 radical (unpaired) electrons. The highest BCUT2D eigenvalue weighted by Crippen LogP contribution is 2.01. The van der Waals surface area contributed by atoms with Crippen molar-refractivity contribution in [3.8, 4) is 0 Å². The van der Waals surface area contributed by atoms with E-state index in [1.807, 2.05) is 13.8 Å². The summed E-state index contributed by atoms with van der Waals surface area (Å²) in [6.45, 7) is 3.84. The van der Waals surface area contributed by atoms with Gasteiger partial charge in [-0.1, -0.05) is 13.8 Å². The fraction of sp³-hybridized carbons (Fsp3) is 0.600. The Morgan fingerprint density at radius 2 is 2.40 bits per heavy atom. The van der Waals surface area contributed by atoms with Crippen LogP contribution in [0.2, 0.25) is 0 Å². The molecule has 1 aromatic heterocycles. The van der Waals surface area contributed by atoms with E-state index in [0.29, 0.717) is 12.1 Å². The Labute approximate surface area is 88.9 Å². The Morgan fingerprint density at radius 1 is 1.67 bits per heavy atom. The minimum atomic E-state index is -0.244. The number of hydrogen-bond acceptors (Lipinski definition) is 3. The Hall–Kier alpha value is -1.36. The number of aromatic nitrogens is 2. The number of aliphatic hydroxyl groups is 1. The summed E-state index contributed by atoms with van der Waals surface area (Å²) in [7, 11) is 0. The number of carbonyl (C=O) groups is 1. The van der Waals surface area contributed by atoms with Crippen molar-refractivity contribution >= 4 is 5.91 Å². The van der Waals surface area contributed by atoms with E-state index in [0.717, 1.165) is 12.1 Å². The van der Waals surface area contributed by atoms with Gasteiger partial charge >= 0.3 is 0 Å². The first-order valence-corrected chi connectivity index (χ1v) is 5.17. The largest absolute Gasteiger partial charge is 0.394 e. The first kappa shape index (κ1) is 11.7. The molecular weight excluding hydrogens is 194 g/mol. The average Bonchev–Trinajstić information content (AvgIpc) is 2.74. The van der Waals surface area contributed by atoms with Crippen LogP contribution in [-0.2, 0) is 6.42 Å². The van der Waals surface area contributed by atoms with Crippen molar-refractivity contribution in [2.24, 2.45) is 0 Å². The van der Waals surface area contributed by atoms with Gasteiger partial charge < -0.3 is 10.4 Å². The first-order valence-electron chi connectivity index (χ1n) is 5.17. The summed E-state index contributed by atoms with van der Waals surface area (Å²) in [5.41, 5.74) is 1.30. The van der Waals surface area contributed by atoms with Crippen molar-refractivity contribution in [1.29, 1.82) is 0 Å². The SMILES string of the molecule is CCc1cc(C(=O)NC(CC)CO)n[nH]1. The van der Waals surface area contributed by atoms with Gasteiger partial charge in [0.15, 0.2) is 0 Å². The molecule has 5 nitrogen and oxygen atoms in total. The number of aryl methyl sites for hydroxylation is 1. The van der Waals surface area contributed by atoms with E-state index < -0.39 is 0 Å². The molecule has 1 unspecified atom stereocenters. The molecule has 5 heteroatoms. The number of rotatable bonds is 5. The molecule has 0 aliphatic rings. The molecule has 0 fully saturated rings. The molecular formula is C10H17N3O2. The molecule has 1 atom stereocenters. The molecule has 1 amide bonds. The van der Waals surface area contributed by atoms with E-state index in [2.05, 4.69) is 15.5 Å². The molecule has 1 aromatic rings. The Bertz CT molecular complexity index is 318. The van der Waals surface area contributed by atoms with Gasteiger partial charge in [-0.2, -0.15) is 5.10 Å². The van der Waals surface area contributed by atoms with Gasteiger partial charge in [0.1, 0.15) is 5.69 Å². The van der Waals surface area contributed by atoms with Gasteiger partial charge in [-0.3, -0.25) is 9.89 Å². The summed E-state index contributed by atoms with van der Waals surface area (Å²) in [4.78, 5) is 11.6. The molecule has 15 heavy (non-hydrogen) atoms. The third-order valence-corrected chi connectivity index (χ3v) is 2.29. The molecule has 0 aliphatic carbocycles. The van der Waals surface area contributed by atoms with Gasteiger partial charge in [0, 0.05) is 5.69 Å². The molecule has 1 rings (SSSR count). The zero-order valence-electron chi connectivity index (χ0n) is 9.08. The number of carbonyl (C=O) groups excluding carboxylic acids is 1. The number of H-pyrrole nitrogens is 1. The van der Waals surface area contributed by atoms with E-state index in [4.69, 9.17) is 5.11 Å². The molecule has 0 saturated carbocycles. The molecule has 0 saturated heterocycles. The third kappa shape index (κ3) is 3.06. The van der Waals surface area contributed by atoms with E-state index in [1.165, 1.54) is 0 Å². The number of aliphatic hydroxyl groups excluding tert-OH is 1. The van der Waals surface area contributed by atoms with Crippen LogP contribution in [0.5, 0.6) is 0 Å². The number of amides is 1. The Morgan fingerprint density at radius 3 is 2.87 bits per heavy atom. The lowest BCUT2D eigenvalue weighted by molar-refractivity contribution is 0.0910. The minimum Gasteiger partial charge on any atom is -0.394 e. The second-order valence-electron chi connectivity index (χ2n) is 3.39. The highest BCUT2D eigenvalue weighted by molar-refractivity contribution is 5.92. The van der Waals surface area contributed by atoms with Crippen molar-refractivity contribution in [2.45, 2.75) is 32.7 Å². The smallest absolute Gasteiger partial charge is 0.272 e. The number of nitrogens with zero attached hydrogens (tertiary/aromatic N) is 1. The van der Waals surface area contributed by atoms with Crippen LogP contribution < -0.4 is 5.32 Å². The fourth-order valence-electron chi connectivity index (χ4n) is 1.20. The summed E-state index contributed by atoms with van der Waals surface area (Å²) in [5.74, 6) is -0.244. The zero-order chi connectivity index (χ0) is 11.3. The predicted octanol–water partition coefficient (Wildman–Crippen LogP) is 0.473. The van der Waals surface area contributed by atoms with E-state index in [1.54, 1.807) is 6.07 Å². The maximum Gasteiger partial charge on any atom is 0.272 e. The second kappa shape index (κ2) is 5.50. The summed E-state index contributed by atoms with van der Waals surface area (Å²) in [6.07, 6.45) is 1.52. The molecule has 3 N–H and O–H groups in total. The maximum atomic E-state index is 11.6. The predicted molar refractivity (Wildman–Crippen MR) is 56.6 cm³/mol. The lowest BCUT2D eigenvalue weighted by atomic mass is 10.2. The number of hydrogen-bond donors (Lipinski definition) is 3. The van der Waals surface area contributed by atoms with E-state index in [9.17, 15) is 4.79 Å². The Kier molecular flexibility index (Phi) is 4.30. The highest BCUT2D eigenvalue weighted by atomic mass is 16.3. The number of aromatic amines is 1. The summed E-state index contributed by atoms with van der Waals surface area (Å²) in [6, 6.07) is 1.53. The zero-order valence-corrected chi connectivity index (χ0v) is 9.08. The van der Waals surface area contributed by atoms with Gasteiger partial charge in [-0.25, -0.2) is 0 Å². The maximum absolute atomic E-state index is 11.6. The van der Waals surface area contributed by atoms with Gasteiger partial charge in [-0.15, -0.1) is 0 Å². The normalized spacial score (nSPS) is 12.5. The molecule has 0 bridgehead atoms. The van der Waals surface area contributed by atoms with Gasteiger partial charge in [0.2, 0.25) is 0 Å². The van der Waals surface area contributed by atoms with Crippen molar-refractivity contribution in [3.05, 3.63) is 17.5 Å². The monoisotopic (exact) mass is 211 g/mol. The molecule has 0 aromatic carbocycles. The van der Waals surface area contributed by atoms with Crippen LogP contribution in [0.25, 0.3) is 0 Å². The van der Waals surface area contributed by atoms with Crippen LogP contribution in [-0.4, -0.2) is 33.9 Å². The van der Waals surface area contributed by atoms with Gasteiger partial charge in [0.05, 0.1) is 12.6 Å². The summed E-state index contributed by atoms with van der Waals surface area (Å²) >= 11 is 0. The van der Waals surface area contributed by atoms with Gasteiger partial charge in [-0.05, 0) is 18.9 Å². The van der Waals surface area contributed by atoms with Crippen molar-refractivity contribution in [2.75, 3.05) is 6.61 Å². The fourth-order valence-corrected chi connectivity index (χ4v) is 1.20. The summed E-state index contributed by atoms with van der Waals surface area (Å²) < 4.78 is 0. The average molecular weight is 211 g/mol. The molecule has 84 valence electrons. The quantitative estimate of drug-likeness (QED) is 0.662. The van der Waals surface area contributed by atoms with E-state index in [-0.39, 0.29) is 18.6 Å².